The van der Waals surface area contributed by atoms with Gasteiger partial charge >= 0.3 is 0 Å². The highest BCUT2D eigenvalue weighted by Gasteiger charge is 2.25. The molecule has 0 bridgehead atoms. The number of rotatable bonds is 4. The summed E-state index contributed by atoms with van der Waals surface area (Å²) in [5.74, 6) is 0. The molecule has 0 spiro atoms. The van der Waals surface area contributed by atoms with E-state index in [0.29, 0.717) is 0 Å². The first kappa shape index (κ1) is 14.2. The van der Waals surface area contributed by atoms with Crippen molar-refractivity contribution in [3.05, 3.63) is 29.3 Å². The Morgan fingerprint density at radius 1 is 1.24 bits per heavy atom. The highest BCUT2D eigenvalue weighted by molar-refractivity contribution is 7.89. The molecular weight excluding hydrogens is 238 g/mol. The Morgan fingerprint density at radius 3 is 2.29 bits per heavy atom. The van der Waals surface area contributed by atoms with Crippen LogP contribution in [0.15, 0.2) is 23.1 Å². The summed E-state index contributed by atoms with van der Waals surface area (Å²) in [5, 5.41) is 9.08. The van der Waals surface area contributed by atoms with E-state index in [1.807, 2.05) is 13.8 Å². The molecule has 17 heavy (non-hydrogen) atoms. The van der Waals surface area contributed by atoms with E-state index in [4.69, 9.17) is 5.11 Å². The van der Waals surface area contributed by atoms with Crippen LogP contribution in [0.1, 0.15) is 25.0 Å². The molecular formula is C12H19NO3S. The van der Waals surface area contributed by atoms with Gasteiger partial charge in [0, 0.05) is 0 Å². The van der Waals surface area contributed by atoms with Crippen molar-refractivity contribution in [3.63, 3.8) is 0 Å². The third-order valence-corrected chi connectivity index (χ3v) is 4.29. The van der Waals surface area contributed by atoms with Crippen LogP contribution in [0.3, 0.4) is 0 Å². The van der Waals surface area contributed by atoms with Crippen molar-refractivity contribution >= 4 is 10.0 Å². The number of hydrogen-bond acceptors (Lipinski definition) is 3. The fourth-order valence-corrected chi connectivity index (χ4v) is 2.83. The van der Waals surface area contributed by atoms with Crippen molar-refractivity contribution < 1.29 is 13.5 Å². The van der Waals surface area contributed by atoms with Crippen LogP contribution in [-0.2, 0) is 10.0 Å². The standard InChI is InChI=1S/C12H19NO3S/c1-9-5-6-11(7-10(9)2)17(15,16)13-12(3,4)8-14/h5-7,13-14H,8H2,1-4H3. The highest BCUT2D eigenvalue weighted by atomic mass is 32.2. The van der Waals surface area contributed by atoms with E-state index < -0.39 is 15.6 Å². The topological polar surface area (TPSA) is 66.4 Å². The number of aliphatic hydroxyl groups is 1. The zero-order valence-electron chi connectivity index (χ0n) is 10.6. The SMILES string of the molecule is Cc1ccc(S(=O)(=O)NC(C)(C)CO)cc1C. The van der Waals surface area contributed by atoms with Crippen molar-refractivity contribution in [3.8, 4) is 0 Å². The zero-order chi connectivity index (χ0) is 13.3. The molecule has 1 rings (SSSR count). The lowest BCUT2D eigenvalue weighted by molar-refractivity contribution is 0.208. The van der Waals surface area contributed by atoms with Crippen LogP contribution < -0.4 is 4.72 Å². The van der Waals surface area contributed by atoms with Crippen LogP contribution in [0.4, 0.5) is 0 Å². The molecule has 0 heterocycles. The van der Waals surface area contributed by atoms with Gasteiger partial charge in [0.25, 0.3) is 0 Å². The van der Waals surface area contributed by atoms with Crippen molar-refractivity contribution in [1.82, 2.24) is 4.72 Å². The number of benzene rings is 1. The van der Waals surface area contributed by atoms with Gasteiger partial charge in [0.1, 0.15) is 0 Å². The quantitative estimate of drug-likeness (QED) is 0.855. The molecule has 0 amide bonds. The molecule has 0 saturated carbocycles. The van der Waals surface area contributed by atoms with Crippen molar-refractivity contribution in [2.75, 3.05) is 6.61 Å². The lowest BCUT2D eigenvalue weighted by Crippen LogP contribution is -2.46. The predicted molar refractivity (Wildman–Crippen MR) is 67.4 cm³/mol. The van der Waals surface area contributed by atoms with Crippen molar-refractivity contribution in [1.29, 1.82) is 0 Å². The molecule has 0 saturated heterocycles. The van der Waals surface area contributed by atoms with Gasteiger partial charge in [0.05, 0.1) is 17.0 Å². The molecule has 0 aliphatic rings. The smallest absolute Gasteiger partial charge is 0.241 e. The van der Waals surface area contributed by atoms with Crippen LogP contribution >= 0.6 is 0 Å². The Kier molecular flexibility index (Phi) is 3.96. The second-order valence-electron chi connectivity index (χ2n) is 4.89. The van der Waals surface area contributed by atoms with E-state index in [1.165, 1.54) is 0 Å². The third kappa shape index (κ3) is 3.52. The molecule has 1 aromatic carbocycles. The first-order valence-electron chi connectivity index (χ1n) is 5.40. The molecule has 0 unspecified atom stereocenters. The van der Waals surface area contributed by atoms with Crippen LogP contribution in [0.5, 0.6) is 0 Å². The van der Waals surface area contributed by atoms with E-state index in [0.717, 1.165) is 11.1 Å². The van der Waals surface area contributed by atoms with E-state index in [-0.39, 0.29) is 11.5 Å². The summed E-state index contributed by atoms with van der Waals surface area (Å²) in [6.45, 7) is 6.80. The first-order valence-corrected chi connectivity index (χ1v) is 6.88. The zero-order valence-corrected chi connectivity index (χ0v) is 11.4. The fourth-order valence-electron chi connectivity index (χ4n) is 1.34. The van der Waals surface area contributed by atoms with Crippen molar-refractivity contribution in [2.24, 2.45) is 0 Å². The van der Waals surface area contributed by atoms with Crippen LogP contribution in [0, 0.1) is 13.8 Å². The van der Waals surface area contributed by atoms with Crippen LogP contribution in [0.2, 0.25) is 0 Å². The van der Waals surface area contributed by atoms with Gasteiger partial charge in [-0.15, -0.1) is 0 Å². The molecule has 2 N–H and O–H groups in total. The van der Waals surface area contributed by atoms with Gasteiger partial charge in [0.2, 0.25) is 10.0 Å². The minimum atomic E-state index is -3.58. The second kappa shape index (κ2) is 4.76. The molecule has 0 aromatic heterocycles. The lowest BCUT2D eigenvalue weighted by Gasteiger charge is -2.23. The first-order chi connectivity index (χ1) is 7.68. The van der Waals surface area contributed by atoms with Crippen LogP contribution in [0.25, 0.3) is 0 Å². The summed E-state index contributed by atoms with van der Waals surface area (Å²) in [7, 11) is -3.58. The maximum absolute atomic E-state index is 12.0. The number of nitrogens with one attached hydrogen (secondary N) is 1. The van der Waals surface area contributed by atoms with Gasteiger partial charge in [-0.05, 0) is 51.0 Å². The maximum Gasteiger partial charge on any atom is 0.241 e. The Labute approximate surface area is 103 Å². The summed E-state index contributed by atoms with van der Waals surface area (Å²) >= 11 is 0. The van der Waals surface area contributed by atoms with Gasteiger partial charge < -0.3 is 5.11 Å². The number of aliphatic hydroxyl groups excluding tert-OH is 1. The number of hydrogen-bond donors (Lipinski definition) is 2. The average molecular weight is 257 g/mol. The summed E-state index contributed by atoms with van der Waals surface area (Å²) in [4.78, 5) is 0.224. The molecule has 0 atom stereocenters. The molecule has 0 fully saturated rings. The number of sulfonamides is 1. The molecule has 0 radical (unpaired) electrons. The lowest BCUT2D eigenvalue weighted by atomic mass is 10.1. The largest absolute Gasteiger partial charge is 0.394 e. The molecule has 96 valence electrons. The van der Waals surface area contributed by atoms with Crippen LogP contribution in [-0.4, -0.2) is 25.7 Å². The maximum atomic E-state index is 12.0. The van der Waals surface area contributed by atoms with Gasteiger partial charge in [-0.3, -0.25) is 0 Å². The summed E-state index contributed by atoms with van der Waals surface area (Å²) in [6, 6.07) is 4.97. The molecule has 5 heteroatoms. The van der Waals surface area contributed by atoms with E-state index in [1.54, 1.807) is 32.0 Å². The summed E-state index contributed by atoms with van der Waals surface area (Å²) in [5.41, 5.74) is 1.11. The van der Waals surface area contributed by atoms with Gasteiger partial charge in [-0.2, -0.15) is 0 Å². The molecule has 4 nitrogen and oxygen atoms in total. The highest BCUT2D eigenvalue weighted by Crippen LogP contribution is 2.16. The van der Waals surface area contributed by atoms with E-state index in [2.05, 4.69) is 4.72 Å². The normalized spacial score (nSPS) is 12.8. The summed E-state index contributed by atoms with van der Waals surface area (Å²) < 4.78 is 26.6. The van der Waals surface area contributed by atoms with E-state index >= 15 is 0 Å². The Bertz CT molecular complexity index is 506. The minimum absolute atomic E-state index is 0.224. The number of aryl methyl sites for hydroxylation is 2. The molecule has 1 aromatic rings. The van der Waals surface area contributed by atoms with Crippen molar-refractivity contribution in [2.45, 2.75) is 38.1 Å². The second-order valence-corrected chi connectivity index (χ2v) is 6.58. The fraction of sp³-hybridized carbons (Fsp3) is 0.500. The Balaban J connectivity index is 3.10. The predicted octanol–water partition coefficient (Wildman–Crippen LogP) is 1.35. The summed E-state index contributed by atoms with van der Waals surface area (Å²) in [6.07, 6.45) is 0. The minimum Gasteiger partial charge on any atom is -0.394 e. The Morgan fingerprint density at radius 2 is 1.82 bits per heavy atom. The third-order valence-electron chi connectivity index (χ3n) is 2.59. The monoisotopic (exact) mass is 257 g/mol. The van der Waals surface area contributed by atoms with Gasteiger partial charge in [-0.25, -0.2) is 13.1 Å². The van der Waals surface area contributed by atoms with E-state index in [9.17, 15) is 8.42 Å². The molecule has 0 aliphatic heterocycles. The van der Waals surface area contributed by atoms with Gasteiger partial charge in [-0.1, -0.05) is 6.07 Å². The Hall–Kier alpha value is -0.910. The molecule has 0 aliphatic carbocycles. The van der Waals surface area contributed by atoms with Gasteiger partial charge in [0.15, 0.2) is 0 Å². The average Bonchev–Trinajstić information content (AvgIpc) is 2.20.